The molecule has 2 rings (SSSR count). The predicted octanol–water partition coefficient (Wildman–Crippen LogP) is 2.96. The van der Waals surface area contributed by atoms with Crippen LogP contribution in [0.3, 0.4) is 0 Å². The zero-order chi connectivity index (χ0) is 12.1. The van der Waals surface area contributed by atoms with Crippen LogP contribution >= 0.6 is 39.3 Å². The van der Waals surface area contributed by atoms with Gasteiger partial charge in [-0.3, -0.25) is 4.90 Å². The molecule has 0 saturated carbocycles. The van der Waals surface area contributed by atoms with Gasteiger partial charge >= 0.3 is 0 Å². The molecule has 0 unspecified atom stereocenters. The van der Waals surface area contributed by atoms with E-state index in [1.807, 2.05) is 17.8 Å². The lowest BCUT2D eigenvalue weighted by Crippen LogP contribution is -2.36. The topological polar surface area (TPSA) is 28.2 Å². The van der Waals surface area contributed by atoms with Crippen LogP contribution in [-0.2, 0) is 0 Å². The van der Waals surface area contributed by atoms with E-state index in [1.165, 1.54) is 24.6 Å². The number of hydrogen-bond acceptors (Lipinski definition) is 4. The third kappa shape index (κ3) is 4.32. The second-order valence-electron chi connectivity index (χ2n) is 3.86. The molecule has 1 saturated heterocycles. The van der Waals surface area contributed by atoms with Crippen LogP contribution in [0.5, 0.6) is 0 Å². The number of nitrogens with zero attached hydrogens (tertiary/aromatic N) is 2. The Hall–Kier alpha value is 0.0300. The van der Waals surface area contributed by atoms with Gasteiger partial charge < -0.3 is 5.32 Å². The molecule has 0 aromatic carbocycles. The third-order valence-electron chi connectivity index (χ3n) is 2.63. The molecule has 0 aliphatic carbocycles. The van der Waals surface area contributed by atoms with E-state index in [0.29, 0.717) is 5.02 Å². The van der Waals surface area contributed by atoms with Gasteiger partial charge in [-0.05, 0) is 22.0 Å². The maximum atomic E-state index is 5.84. The predicted molar refractivity (Wildman–Crippen MR) is 79.2 cm³/mol. The molecule has 0 amide bonds. The highest BCUT2D eigenvalue weighted by Gasteiger charge is 2.09. The number of rotatable bonds is 4. The summed E-state index contributed by atoms with van der Waals surface area (Å²) in [6, 6.07) is 1.86. The SMILES string of the molecule is Clc1cnc(NCCN2CCSCC2)c(Br)c1. The molecule has 1 aliphatic heterocycles. The Morgan fingerprint density at radius 1 is 1.47 bits per heavy atom. The minimum Gasteiger partial charge on any atom is -0.368 e. The fourth-order valence-electron chi connectivity index (χ4n) is 1.70. The van der Waals surface area contributed by atoms with Crippen molar-refractivity contribution < 1.29 is 0 Å². The first kappa shape index (κ1) is 13.5. The standard InChI is InChI=1S/C11H15BrClN3S/c12-10-7-9(13)8-15-11(10)14-1-2-16-3-5-17-6-4-16/h7-8H,1-6H2,(H,14,15). The van der Waals surface area contributed by atoms with Crippen molar-refractivity contribution in [2.24, 2.45) is 0 Å². The average Bonchev–Trinajstić information content (AvgIpc) is 2.33. The van der Waals surface area contributed by atoms with E-state index in [2.05, 4.69) is 31.1 Å². The normalized spacial score (nSPS) is 17.1. The Kier molecular flexibility index (Phi) is 5.41. The Morgan fingerprint density at radius 2 is 2.24 bits per heavy atom. The van der Waals surface area contributed by atoms with Crippen molar-refractivity contribution in [1.29, 1.82) is 0 Å². The lowest BCUT2D eigenvalue weighted by Gasteiger charge is -2.26. The molecule has 1 aromatic rings. The number of hydrogen-bond donors (Lipinski definition) is 1. The van der Waals surface area contributed by atoms with E-state index >= 15 is 0 Å². The Bertz CT molecular complexity index is 372. The van der Waals surface area contributed by atoms with E-state index in [1.54, 1.807) is 6.20 Å². The van der Waals surface area contributed by atoms with Crippen molar-refractivity contribution >= 4 is 45.1 Å². The first-order valence-corrected chi connectivity index (χ1v) is 7.93. The molecular weight excluding hydrogens is 322 g/mol. The number of aromatic nitrogens is 1. The molecular formula is C11H15BrClN3S. The molecule has 0 bridgehead atoms. The maximum Gasteiger partial charge on any atom is 0.140 e. The van der Waals surface area contributed by atoms with Crippen LogP contribution in [0.4, 0.5) is 5.82 Å². The summed E-state index contributed by atoms with van der Waals surface area (Å²) in [6.45, 7) is 4.37. The number of nitrogens with one attached hydrogen (secondary N) is 1. The Labute approximate surface area is 119 Å². The number of pyridine rings is 1. The molecule has 1 aromatic heterocycles. The van der Waals surface area contributed by atoms with Crippen molar-refractivity contribution in [3.8, 4) is 0 Å². The molecule has 0 radical (unpaired) electrons. The van der Waals surface area contributed by atoms with Crippen LogP contribution in [0, 0.1) is 0 Å². The van der Waals surface area contributed by atoms with Crippen LogP contribution in [0.15, 0.2) is 16.7 Å². The van der Waals surface area contributed by atoms with Crippen molar-refractivity contribution in [1.82, 2.24) is 9.88 Å². The third-order valence-corrected chi connectivity index (χ3v) is 4.39. The Balaban J connectivity index is 1.77. The first-order chi connectivity index (χ1) is 8.25. The molecule has 3 nitrogen and oxygen atoms in total. The van der Waals surface area contributed by atoms with Gasteiger partial charge in [-0.2, -0.15) is 11.8 Å². The molecule has 1 fully saturated rings. The molecule has 0 atom stereocenters. The molecule has 6 heteroatoms. The summed E-state index contributed by atoms with van der Waals surface area (Å²) >= 11 is 11.3. The number of halogens is 2. The molecule has 2 heterocycles. The second-order valence-corrected chi connectivity index (χ2v) is 6.38. The van der Waals surface area contributed by atoms with Crippen LogP contribution in [0.1, 0.15) is 0 Å². The van der Waals surface area contributed by atoms with E-state index in [-0.39, 0.29) is 0 Å². The highest BCUT2D eigenvalue weighted by atomic mass is 79.9. The van der Waals surface area contributed by atoms with Crippen molar-refractivity contribution in [3.63, 3.8) is 0 Å². The summed E-state index contributed by atoms with van der Waals surface area (Å²) < 4.78 is 0.916. The zero-order valence-electron chi connectivity index (χ0n) is 9.46. The van der Waals surface area contributed by atoms with E-state index in [4.69, 9.17) is 11.6 Å². The fraction of sp³-hybridized carbons (Fsp3) is 0.545. The lowest BCUT2D eigenvalue weighted by molar-refractivity contribution is 0.314. The summed E-state index contributed by atoms with van der Waals surface area (Å²) in [4.78, 5) is 6.73. The summed E-state index contributed by atoms with van der Waals surface area (Å²) in [6.07, 6.45) is 1.66. The van der Waals surface area contributed by atoms with Crippen LogP contribution in [0.2, 0.25) is 5.02 Å². The summed E-state index contributed by atoms with van der Waals surface area (Å²) in [5, 5.41) is 3.97. The summed E-state index contributed by atoms with van der Waals surface area (Å²) in [5.74, 6) is 3.37. The van der Waals surface area contributed by atoms with Crippen LogP contribution in [-0.4, -0.2) is 47.6 Å². The maximum absolute atomic E-state index is 5.84. The van der Waals surface area contributed by atoms with Gasteiger partial charge in [0.2, 0.25) is 0 Å². The molecule has 0 spiro atoms. The van der Waals surface area contributed by atoms with Crippen molar-refractivity contribution in [2.75, 3.05) is 43.0 Å². The monoisotopic (exact) mass is 335 g/mol. The van der Waals surface area contributed by atoms with Gasteiger partial charge in [0, 0.05) is 43.9 Å². The minimum absolute atomic E-state index is 0.649. The first-order valence-electron chi connectivity index (χ1n) is 5.61. The zero-order valence-corrected chi connectivity index (χ0v) is 12.6. The highest BCUT2D eigenvalue weighted by molar-refractivity contribution is 9.10. The van der Waals surface area contributed by atoms with Gasteiger partial charge in [0.1, 0.15) is 5.82 Å². The summed E-state index contributed by atoms with van der Waals surface area (Å²) in [5.41, 5.74) is 0. The average molecular weight is 337 g/mol. The minimum atomic E-state index is 0.649. The largest absolute Gasteiger partial charge is 0.368 e. The van der Waals surface area contributed by atoms with E-state index in [9.17, 15) is 0 Å². The number of thioether (sulfide) groups is 1. The van der Waals surface area contributed by atoms with E-state index < -0.39 is 0 Å². The molecule has 1 aliphatic rings. The lowest BCUT2D eigenvalue weighted by atomic mass is 10.4. The fourth-order valence-corrected chi connectivity index (χ4v) is 3.46. The smallest absolute Gasteiger partial charge is 0.140 e. The molecule has 94 valence electrons. The van der Waals surface area contributed by atoms with Crippen LogP contribution in [0.25, 0.3) is 0 Å². The molecule has 17 heavy (non-hydrogen) atoms. The van der Waals surface area contributed by atoms with Gasteiger partial charge in [-0.15, -0.1) is 0 Å². The second kappa shape index (κ2) is 6.83. The van der Waals surface area contributed by atoms with Gasteiger partial charge in [0.05, 0.1) is 9.50 Å². The van der Waals surface area contributed by atoms with Crippen LogP contribution < -0.4 is 5.32 Å². The number of anilines is 1. The quantitative estimate of drug-likeness (QED) is 0.915. The van der Waals surface area contributed by atoms with Crippen molar-refractivity contribution in [2.45, 2.75) is 0 Å². The van der Waals surface area contributed by atoms with Gasteiger partial charge in [0.25, 0.3) is 0 Å². The van der Waals surface area contributed by atoms with Crippen molar-refractivity contribution in [3.05, 3.63) is 21.8 Å². The van der Waals surface area contributed by atoms with Gasteiger partial charge in [-0.1, -0.05) is 11.6 Å². The van der Waals surface area contributed by atoms with E-state index in [0.717, 1.165) is 23.4 Å². The van der Waals surface area contributed by atoms with Gasteiger partial charge in [-0.25, -0.2) is 4.98 Å². The van der Waals surface area contributed by atoms with Gasteiger partial charge in [0.15, 0.2) is 0 Å². The molecule has 1 N–H and O–H groups in total. The Morgan fingerprint density at radius 3 is 2.94 bits per heavy atom. The highest BCUT2D eigenvalue weighted by Crippen LogP contribution is 2.22. The summed E-state index contributed by atoms with van der Waals surface area (Å²) in [7, 11) is 0.